The van der Waals surface area contributed by atoms with Crippen LogP contribution in [0, 0.1) is 6.92 Å². The molecule has 0 atom stereocenters. The van der Waals surface area contributed by atoms with Gasteiger partial charge < -0.3 is 4.74 Å². The fourth-order valence-corrected chi connectivity index (χ4v) is 4.50. The number of fused-ring (bicyclic) bond motifs is 4. The lowest BCUT2D eigenvalue weighted by atomic mass is 9.91. The lowest BCUT2D eigenvalue weighted by Crippen LogP contribution is -2.31. The fraction of sp³-hybridized carbons (Fsp3) is 0.0800. The summed E-state index contributed by atoms with van der Waals surface area (Å²) in [5.74, 6) is 1.88. The van der Waals surface area contributed by atoms with E-state index in [-0.39, 0.29) is 0 Å². The Morgan fingerprint density at radius 3 is 2.37 bits per heavy atom. The molecule has 0 saturated carbocycles. The summed E-state index contributed by atoms with van der Waals surface area (Å²) in [6.07, 6.45) is 2.14. The quantitative estimate of drug-likeness (QED) is 0.240. The third-order valence-corrected chi connectivity index (χ3v) is 5.81. The molecule has 2 heterocycles. The van der Waals surface area contributed by atoms with Gasteiger partial charge >= 0.3 is 0 Å². The van der Waals surface area contributed by atoms with Gasteiger partial charge in [0, 0.05) is 6.07 Å². The van der Waals surface area contributed by atoms with Gasteiger partial charge in [-0.2, -0.15) is 0 Å². The van der Waals surface area contributed by atoms with Crippen molar-refractivity contribution in [3.63, 3.8) is 0 Å². The molecule has 2 heteroatoms. The highest BCUT2D eigenvalue weighted by Crippen LogP contribution is 2.48. The number of hydrogen-bond donors (Lipinski definition) is 0. The third-order valence-electron chi connectivity index (χ3n) is 5.81. The highest BCUT2D eigenvalue weighted by Gasteiger charge is 2.29. The zero-order chi connectivity index (χ0) is 18.1. The van der Waals surface area contributed by atoms with Crippen molar-refractivity contribution in [2.24, 2.45) is 7.05 Å². The maximum Gasteiger partial charge on any atom is 0.228 e. The highest BCUT2D eigenvalue weighted by molar-refractivity contribution is 6.07. The van der Waals surface area contributed by atoms with Crippen molar-refractivity contribution in [2.75, 3.05) is 0 Å². The third kappa shape index (κ3) is 1.93. The first kappa shape index (κ1) is 14.7. The number of ether oxygens (including phenoxy) is 1. The molecular formula is C25H18NO+. The fourth-order valence-electron chi connectivity index (χ4n) is 4.50. The van der Waals surface area contributed by atoms with Gasteiger partial charge in [-0.1, -0.05) is 36.4 Å². The number of pyridine rings is 1. The van der Waals surface area contributed by atoms with Crippen LogP contribution in [0.1, 0.15) is 5.56 Å². The van der Waals surface area contributed by atoms with Gasteiger partial charge in [-0.15, -0.1) is 0 Å². The Morgan fingerprint density at radius 1 is 0.741 bits per heavy atom. The summed E-state index contributed by atoms with van der Waals surface area (Å²) >= 11 is 0. The molecule has 0 radical (unpaired) electrons. The number of benzene rings is 4. The first-order valence-corrected chi connectivity index (χ1v) is 9.26. The highest BCUT2D eigenvalue weighted by atomic mass is 16.5. The summed E-state index contributed by atoms with van der Waals surface area (Å²) in [7, 11) is 2.12. The van der Waals surface area contributed by atoms with E-state index in [1.54, 1.807) is 0 Å². The average Bonchev–Trinajstić information content (AvgIpc) is 2.69. The van der Waals surface area contributed by atoms with E-state index in [1.807, 2.05) is 0 Å². The molecule has 0 unspecified atom stereocenters. The molecule has 0 spiro atoms. The van der Waals surface area contributed by atoms with Gasteiger partial charge in [0.05, 0.1) is 10.9 Å². The summed E-state index contributed by atoms with van der Waals surface area (Å²) in [4.78, 5) is 0. The van der Waals surface area contributed by atoms with Crippen molar-refractivity contribution < 1.29 is 9.30 Å². The molecule has 27 heavy (non-hydrogen) atoms. The molecule has 128 valence electrons. The van der Waals surface area contributed by atoms with E-state index in [9.17, 15) is 0 Å². The Bertz CT molecular complexity index is 1420. The van der Waals surface area contributed by atoms with Gasteiger partial charge in [-0.05, 0) is 63.7 Å². The normalized spacial score (nSPS) is 12.4. The van der Waals surface area contributed by atoms with Crippen molar-refractivity contribution in [3.05, 3.63) is 78.5 Å². The largest absolute Gasteiger partial charge is 0.456 e. The summed E-state index contributed by atoms with van der Waals surface area (Å²) in [6, 6.07) is 23.7. The SMILES string of the molecule is Cc1c2c(cc3cc4ccccc4cc13)Oc1cccc3cc[n+](C)c-2c13. The molecule has 1 aliphatic heterocycles. The van der Waals surface area contributed by atoms with E-state index in [1.165, 1.54) is 49.1 Å². The van der Waals surface area contributed by atoms with E-state index in [2.05, 4.69) is 91.5 Å². The van der Waals surface area contributed by atoms with E-state index >= 15 is 0 Å². The minimum absolute atomic E-state index is 0.936. The van der Waals surface area contributed by atoms with Gasteiger partial charge in [-0.25, -0.2) is 4.57 Å². The summed E-state index contributed by atoms with van der Waals surface area (Å²) in [5.41, 5.74) is 3.70. The van der Waals surface area contributed by atoms with Crippen LogP contribution in [-0.2, 0) is 7.05 Å². The van der Waals surface area contributed by atoms with Crippen molar-refractivity contribution in [2.45, 2.75) is 6.92 Å². The van der Waals surface area contributed by atoms with Gasteiger partial charge in [0.1, 0.15) is 18.5 Å². The molecular weight excluding hydrogens is 330 g/mol. The topological polar surface area (TPSA) is 13.1 Å². The Morgan fingerprint density at radius 2 is 1.52 bits per heavy atom. The molecule has 0 N–H and O–H groups in total. The number of aryl methyl sites for hydroxylation is 2. The molecule has 5 aromatic rings. The van der Waals surface area contributed by atoms with Gasteiger partial charge in [0.2, 0.25) is 5.69 Å². The summed E-state index contributed by atoms with van der Waals surface area (Å²) in [6.45, 7) is 2.21. The molecule has 0 amide bonds. The lowest BCUT2D eigenvalue weighted by Gasteiger charge is -2.22. The Hall–Kier alpha value is -3.39. The molecule has 1 aromatic heterocycles. The zero-order valence-electron chi connectivity index (χ0n) is 15.3. The van der Waals surface area contributed by atoms with Crippen LogP contribution in [0.25, 0.3) is 43.6 Å². The van der Waals surface area contributed by atoms with Crippen LogP contribution >= 0.6 is 0 Å². The number of rotatable bonds is 0. The number of nitrogens with zero attached hydrogens (tertiary/aromatic N) is 1. The monoisotopic (exact) mass is 348 g/mol. The second-order valence-corrected chi connectivity index (χ2v) is 7.39. The minimum atomic E-state index is 0.936. The molecule has 0 fully saturated rings. The molecule has 0 bridgehead atoms. The average molecular weight is 348 g/mol. The second kappa shape index (κ2) is 5.08. The van der Waals surface area contributed by atoms with Gasteiger partial charge in [-0.3, -0.25) is 0 Å². The van der Waals surface area contributed by atoms with E-state index < -0.39 is 0 Å². The first-order chi connectivity index (χ1) is 13.2. The summed E-state index contributed by atoms with van der Waals surface area (Å²) < 4.78 is 8.61. The van der Waals surface area contributed by atoms with Crippen LogP contribution in [0.15, 0.2) is 72.9 Å². The Kier molecular flexibility index (Phi) is 2.77. The predicted octanol–water partition coefficient (Wildman–Crippen LogP) is 6.05. The smallest absolute Gasteiger partial charge is 0.228 e. The van der Waals surface area contributed by atoms with E-state index in [0.29, 0.717) is 0 Å². The van der Waals surface area contributed by atoms with E-state index in [4.69, 9.17) is 4.74 Å². The van der Waals surface area contributed by atoms with Crippen molar-refractivity contribution >= 4 is 32.3 Å². The number of hydrogen-bond acceptors (Lipinski definition) is 1. The van der Waals surface area contributed by atoms with Crippen LogP contribution in [-0.4, -0.2) is 0 Å². The predicted molar refractivity (Wildman–Crippen MR) is 110 cm³/mol. The van der Waals surface area contributed by atoms with Crippen molar-refractivity contribution in [3.8, 4) is 22.8 Å². The molecule has 4 aromatic carbocycles. The maximum absolute atomic E-state index is 6.39. The van der Waals surface area contributed by atoms with Crippen LogP contribution in [0.3, 0.4) is 0 Å². The number of aromatic nitrogens is 1. The van der Waals surface area contributed by atoms with Crippen molar-refractivity contribution in [1.82, 2.24) is 0 Å². The molecule has 1 aliphatic rings. The Labute approximate surface area is 157 Å². The standard InChI is InChI=1S/C25H18NO/c1-15-20-13-18-7-4-3-6-17(18)12-19(20)14-22-23(15)25-24-16(10-11-26(25)2)8-5-9-21(24)27-22/h3-14H,1-2H3/q+1. The second-order valence-electron chi connectivity index (χ2n) is 7.39. The van der Waals surface area contributed by atoms with Crippen LogP contribution in [0.4, 0.5) is 0 Å². The Balaban J connectivity index is 1.80. The zero-order valence-corrected chi connectivity index (χ0v) is 15.3. The van der Waals surface area contributed by atoms with Crippen LogP contribution in [0.2, 0.25) is 0 Å². The molecule has 6 rings (SSSR count). The minimum Gasteiger partial charge on any atom is -0.456 e. The molecule has 2 nitrogen and oxygen atoms in total. The lowest BCUT2D eigenvalue weighted by molar-refractivity contribution is -0.659. The van der Waals surface area contributed by atoms with Gasteiger partial charge in [0.15, 0.2) is 6.20 Å². The molecule has 0 saturated heterocycles. The maximum atomic E-state index is 6.39. The van der Waals surface area contributed by atoms with Crippen molar-refractivity contribution in [1.29, 1.82) is 0 Å². The first-order valence-electron chi connectivity index (χ1n) is 9.26. The summed E-state index contributed by atoms with van der Waals surface area (Å²) in [5, 5.41) is 7.44. The van der Waals surface area contributed by atoms with Crippen LogP contribution in [0.5, 0.6) is 11.5 Å². The van der Waals surface area contributed by atoms with Crippen LogP contribution < -0.4 is 9.30 Å². The van der Waals surface area contributed by atoms with E-state index in [0.717, 1.165) is 11.5 Å². The molecule has 0 aliphatic carbocycles. The van der Waals surface area contributed by atoms with Gasteiger partial charge in [0.25, 0.3) is 0 Å².